The number of ether oxygens (including phenoxy) is 2. The number of carbonyl (C=O) groups excluding carboxylic acids is 1. The maximum atomic E-state index is 11.9. The summed E-state index contributed by atoms with van der Waals surface area (Å²) in [6, 6.07) is 5.24. The maximum absolute atomic E-state index is 11.9. The Morgan fingerprint density at radius 3 is 2.72 bits per heavy atom. The molecule has 0 spiro atoms. The number of hydrogen-bond acceptors (Lipinski definition) is 7. The molecule has 1 aliphatic rings. The first-order chi connectivity index (χ1) is 12.2. The van der Waals surface area contributed by atoms with Crippen LogP contribution in [0.3, 0.4) is 0 Å². The lowest BCUT2D eigenvalue weighted by Crippen LogP contribution is -2.36. The van der Waals surface area contributed by atoms with Gasteiger partial charge in [-0.2, -0.15) is 0 Å². The number of aromatic nitrogens is 3. The van der Waals surface area contributed by atoms with Crippen molar-refractivity contribution in [3.05, 3.63) is 48.3 Å². The summed E-state index contributed by atoms with van der Waals surface area (Å²) >= 11 is 0. The molecule has 0 bridgehead atoms. The number of morpholine rings is 1. The van der Waals surface area contributed by atoms with E-state index in [0.717, 1.165) is 32.0 Å². The van der Waals surface area contributed by atoms with Crippen molar-refractivity contribution in [3.8, 4) is 0 Å². The van der Waals surface area contributed by atoms with E-state index in [1.54, 1.807) is 31.6 Å². The largest absolute Gasteiger partial charge is 0.443 e. The molecule has 3 heterocycles. The van der Waals surface area contributed by atoms with Gasteiger partial charge in [-0.15, -0.1) is 0 Å². The molecule has 2 aromatic heterocycles. The highest BCUT2D eigenvalue weighted by atomic mass is 16.5. The molecule has 0 saturated carbocycles. The molecule has 25 heavy (non-hydrogen) atoms. The van der Waals surface area contributed by atoms with Gasteiger partial charge in [0.15, 0.2) is 0 Å². The number of nitrogens with one attached hydrogen (secondary N) is 1. The average molecular weight is 343 g/mol. The maximum Gasteiger partial charge on any atom is 0.408 e. The zero-order chi connectivity index (χ0) is 17.5. The van der Waals surface area contributed by atoms with Gasteiger partial charge < -0.3 is 19.7 Å². The second-order valence-electron chi connectivity index (χ2n) is 5.66. The highest BCUT2D eigenvalue weighted by Crippen LogP contribution is 2.15. The van der Waals surface area contributed by atoms with Crippen molar-refractivity contribution in [1.29, 1.82) is 0 Å². The zero-order valence-electron chi connectivity index (χ0n) is 14.1. The smallest absolute Gasteiger partial charge is 0.408 e. The molecule has 0 aliphatic carbocycles. The number of alkyl carbamates (subject to hydrolysis) is 1. The van der Waals surface area contributed by atoms with Crippen LogP contribution in [0.1, 0.15) is 24.5 Å². The first-order valence-electron chi connectivity index (χ1n) is 8.20. The zero-order valence-corrected chi connectivity index (χ0v) is 14.1. The molecule has 2 aromatic rings. The van der Waals surface area contributed by atoms with E-state index in [9.17, 15) is 4.79 Å². The van der Waals surface area contributed by atoms with E-state index in [2.05, 4.69) is 25.2 Å². The van der Waals surface area contributed by atoms with E-state index < -0.39 is 6.09 Å². The highest BCUT2D eigenvalue weighted by Gasteiger charge is 2.14. The molecule has 1 atom stereocenters. The van der Waals surface area contributed by atoms with E-state index in [4.69, 9.17) is 9.47 Å². The summed E-state index contributed by atoms with van der Waals surface area (Å²) in [5.74, 6) is 0.535. The second kappa shape index (κ2) is 8.39. The molecule has 1 unspecified atom stereocenters. The molecule has 1 N–H and O–H groups in total. The summed E-state index contributed by atoms with van der Waals surface area (Å²) < 4.78 is 10.5. The quantitative estimate of drug-likeness (QED) is 0.883. The minimum absolute atomic E-state index is 0.109. The minimum Gasteiger partial charge on any atom is -0.443 e. The molecule has 1 saturated heterocycles. The Balaban J connectivity index is 1.47. The number of anilines is 1. The van der Waals surface area contributed by atoms with Gasteiger partial charge in [0.25, 0.3) is 0 Å². The van der Waals surface area contributed by atoms with Crippen LogP contribution in [0.4, 0.5) is 10.5 Å². The number of carbonyl (C=O) groups is 1. The van der Waals surface area contributed by atoms with Crippen LogP contribution in [0.5, 0.6) is 0 Å². The average Bonchev–Trinajstić information content (AvgIpc) is 2.68. The summed E-state index contributed by atoms with van der Waals surface area (Å²) in [4.78, 5) is 26.6. The number of pyridine rings is 1. The fourth-order valence-corrected chi connectivity index (χ4v) is 2.47. The van der Waals surface area contributed by atoms with Gasteiger partial charge in [-0.05, 0) is 25.1 Å². The molecule has 0 radical (unpaired) electrons. The van der Waals surface area contributed by atoms with Gasteiger partial charge in [-0.3, -0.25) is 4.98 Å². The van der Waals surface area contributed by atoms with Crippen molar-refractivity contribution in [1.82, 2.24) is 20.3 Å². The summed E-state index contributed by atoms with van der Waals surface area (Å²) in [7, 11) is 0. The van der Waals surface area contributed by atoms with E-state index in [1.807, 2.05) is 12.1 Å². The molecule has 1 fully saturated rings. The molecule has 1 aliphatic heterocycles. The fourth-order valence-electron chi connectivity index (χ4n) is 2.47. The van der Waals surface area contributed by atoms with Crippen molar-refractivity contribution in [2.24, 2.45) is 0 Å². The minimum atomic E-state index is -0.529. The summed E-state index contributed by atoms with van der Waals surface area (Å²) in [5, 5.41) is 2.69. The number of hydrogen-bond donors (Lipinski definition) is 1. The first-order valence-corrected chi connectivity index (χ1v) is 8.20. The molecule has 1 amide bonds. The van der Waals surface area contributed by atoms with E-state index >= 15 is 0 Å². The fraction of sp³-hybridized carbons (Fsp3) is 0.412. The monoisotopic (exact) mass is 343 g/mol. The molecule has 132 valence electrons. The highest BCUT2D eigenvalue weighted by molar-refractivity contribution is 5.67. The third kappa shape index (κ3) is 4.87. The Kier molecular flexibility index (Phi) is 5.73. The number of nitrogens with zero attached hydrogens (tertiary/aromatic N) is 4. The first kappa shape index (κ1) is 17.1. The predicted molar refractivity (Wildman–Crippen MR) is 91.0 cm³/mol. The Morgan fingerprint density at radius 1 is 1.28 bits per heavy atom. The Labute approximate surface area is 146 Å². The second-order valence-corrected chi connectivity index (χ2v) is 5.66. The van der Waals surface area contributed by atoms with Crippen LogP contribution in [-0.4, -0.2) is 47.3 Å². The lowest BCUT2D eigenvalue weighted by atomic mass is 10.3. The predicted octanol–water partition coefficient (Wildman–Crippen LogP) is 1.70. The number of rotatable bonds is 5. The van der Waals surface area contributed by atoms with Crippen molar-refractivity contribution >= 4 is 11.8 Å². The van der Waals surface area contributed by atoms with Crippen LogP contribution in [0, 0.1) is 0 Å². The van der Waals surface area contributed by atoms with Crippen molar-refractivity contribution in [3.63, 3.8) is 0 Å². The van der Waals surface area contributed by atoms with Gasteiger partial charge in [0.05, 0.1) is 36.8 Å². The van der Waals surface area contributed by atoms with Gasteiger partial charge in [-0.1, -0.05) is 0 Å². The molecule has 3 rings (SSSR count). The summed E-state index contributed by atoms with van der Waals surface area (Å²) in [5.41, 5.74) is 1.74. The van der Waals surface area contributed by atoms with Crippen molar-refractivity contribution in [2.75, 3.05) is 31.2 Å². The SMILES string of the molecule is CC(NC(=O)OCc1ccc(N2CCOCC2)cn1)c1ncccn1. The van der Waals surface area contributed by atoms with Crippen molar-refractivity contribution < 1.29 is 14.3 Å². The van der Waals surface area contributed by atoms with Crippen LogP contribution in [0.2, 0.25) is 0 Å². The summed E-state index contributed by atoms with van der Waals surface area (Å²) in [6.07, 6.45) is 4.53. The van der Waals surface area contributed by atoms with Crippen LogP contribution in [-0.2, 0) is 16.1 Å². The van der Waals surface area contributed by atoms with Crippen LogP contribution < -0.4 is 10.2 Å². The standard InChI is InChI=1S/C17H21N5O3/c1-13(16-18-5-2-6-19-16)21-17(23)25-12-14-3-4-15(11-20-14)22-7-9-24-10-8-22/h2-6,11,13H,7-10,12H2,1H3,(H,21,23). The Bertz CT molecular complexity index is 674. The lowest BCUT2D eigenvalue weighted by molar-refractivity contribution is 0.122. The van der Waals surface area contributed by atoms with Gasteiger partial charge in [-0.25, -0.2) is 14.8 Å². The van der Waals surface area contributed by atoms with Crippen LogP contribution in [0.15, 0.2) is 36.8 Å². The molecular formula is C17H21N5O3. The van der Waals surface area contributed by atoms with Gasteiger partial charge in [0, 0.05) is 25.5 Å². The van der Waals surface area contributed by atoms with Gasteiger partial charge >= 0.3 is 6.09 Å². The Morgan fingerprint density at radius 2 is 2.04 bits per heavy atom. The molecule has 8 heteroatoms. The van der Waals surface area contributed by atoms with Crippen molar-refractivity contribution in [2.45, 2.75) is 19.6 Å². The third-order valence-electron chi connectivity index (χ3n) is 3.84. The molecule has 0 aromatic carbocycles. The Hall–Kier alpha value is -2.74. The van der Waals surface area contributed by atoms with Gasteiger partial charge in [0.1, 0.15) is 12.4 Å². The van der Waals surface area contributed by atoms with E-state index in [0.29, 0.717) is 11.5 Å². The third-order valence-corrected chi connectivity index (χ3v) is 3.84. The van der Waals surface area contributed by atoms with Crippen LogP contribution in [0.25, 0.3) is 0 Å². The lowest BCUT2D eigenvalue weighted by Gasteiger charge is -2.28. The summed E-state index contributed by atoms with van der Waals surface area (Å²) in [6.45, 7) is 5.09. The topological polar surface area (TPSA) is 89.5 Å². The molecular weight excluding hydrogens is 322 g/mol. The van der Waals surface area contributed by atoms with Crippen LogP contribution >= 0.6 is 0 Å². The normalized spacial score (nSPS) is 15.5. The van der Waals surface area contributed by atoms with Gasteiger partial charge in [0.2, 0.25) is 0 Å². The number of amides is 1. The van der Waals surface area contributed by atoms with E-state index in [1.165, 1.54) is 0 Å². The molecule has 8 nitrogen and oxygen atoms in total. The van der Waals surface area contributed by atoms with E-state index in [-0.39, 0.29) is 12.6 Å².